The van der Waals surface area contributed by atoms with Crippen LogP contribution in [0.4, 0.5) is 4.39 Å². The Morgan fingerprint density at radius 1 is 1.33 bits per heavy atom. The zero-order valence-corrected chi connectivity index (χ0v) is 11.0. The minimum Gasteiger partial charge on any atom is -0.488 e. The van der Waals surface area contributed by atoms with Gasteiger partial charge < -0.3 is 9.47 Å². The van der Waals surface area contributed by atoms with Crippen LogP contribution in [-0.2, 0) is 4.74 Å². The lowest BCUT2D eigenvalue weighted by Crippen LogP contribution is -2.10. The lowest BCUT2D eigenvalue weighted by molar-refractivity contribution is 0.0807. The highest BCUT2D eigenvalue weighted by atomic mass is 19.1. The molecule has 0 radical (unpaired) electrons. The van der Waals surface area contributed by atoms with Crippen LogP contribution in [0, 0.1) is 11.7 Å². The van der Waals surface area contributed by atoms with E-state index in [4.69, 9.17) is 9.47 Å². The fraction of sp³-hybridized carbons (Fsp3) is 0.500. The zero-order chi connectivity index (χ0) is 13.5. The molecule has 0 atom stereocenters. The van der Waals surface area contributed by atoms with Gasteiger partial charge in [0.2, 0.25) is 0 Å². The number of carbonyl (C=O) groups excluding carboxylic acids is 1. The maximum atomic E-state index is 13.5. The zero-order valence-electron chi connectivity index (χ0n) is 11.0. The summed E-state index contributed by atoms with van der Waals surface area (Å²) in [6.07, 6.45) is 0. The molecule has 0 fully saturated rings. The van der Waals surface area contributed by atoms with Gasteiger partial charge in [-0.25, -0.2) is 4.39 Å². The standard InChI is InChI=1S/C14H19FO3/c1-10(2)9-17-6-7-18-14-5-4-12(11(3)16)8-13(14)15/h4-5,8,10H,6-7,9H2,1-3H3. The molecule has 18 heavy (non-hydrogen) atoms. The van der Waals surface area contributed by atoms with Crippen LogP contribution in [0.15, 0.2) is 18.2 Å². The van der Waals surface area contributed by atoms with E-state index < -0.39 is 5.82 Å². The summed E-state index contributed by atoms with van der Waals surface area (Å²) in [5.74, 6) is -0.0722. The van der Waals surface area contributed by atoms with Crippen molar-refractivity contribution in [3.8, 4) is 5.75 Å². The van der Waals surface area contributed by atoms with Crippen molar-refractivity contribution in [1.29, 1.82) is 0 Å². The number of Topliss-reactive ketones (excluding diaryl/α,β-unsaturated/α-hetero) is 1. The van der Waals surface area contributed by atoms with Gasteiger partial charge in [-0.3, -0.25) is 4.79 Å². The van der Waals surface area contributed by atoms with E-state index in [2.05, 4.69) is 13.8 Å². The first-order chi connectivity index (χ1) is 8.50. The molecule has 100 valence electrons. The largest absolute Gasteiger partial charge is 0.488 e. The van der Waals surface area contributed by atoms with E-state index >= 15 is 0 Å². The number of ketones is 1. The third kappa shape index (κ3) is 4.84. The number of carbonyl (C=O) groups is 1. The molecule has 0 bridgehead atoms. The van der Waals surface area contributed by atoms with Crippen LogP contribution in [0.3, 0.4) is 0 Å². The highest BCUT2D eigenvalue weighted by Gasteiger charge is 2.07. The molecule has 0 aromatic heterocycles. The Morgan fingerprint density at radius 2 is 2.06 bits per heavy atom. The molecule has 1 aromatic rings. The molecule has 0 saturated heterocycles. The second-order valence-corrected chi connectivity index (χ2v) is 4.52. The van der Waals surface area contributed by atoms with E-state index in [-0.39, 0.29) is 11.5 Å². The third-order valence-electron chi connectivity index (χ3n) is 2.27. The maximum absolute atomic E-state index is 13.5. The Labute approximate surface area is 107 Å². The molecular weight excluding hydrogens is 235 g/mol. The Hall–Kier alpha value is -1.42. The molecule has 4 heteroatoms. The van der Waals surface area contributed by atoms with Crippen molar-refractivity contribution in [1.82, 2.24) is 0 Å². The van der Waals surface area contributed by atoms with Gasteiger partial charge in [0.25, 0.3) is 0 Å². The van der Waals surface area contributed by atoms with Crippen molar-refractivity contribution in [3.05, 3.63) is 29.6 Å². The first-order valence-corrected chi connectivity index (χ1v) is 6.01. The van der Waals surface area contributed by atoms with E-state index in [9.17, 15) is 9.18 Å². The topological polar surface area (TPSA) is 35.5 Å². The van der Waals surface area contributed by atoms with E-state index in [1.165, 1.54) is 19.1 Å². The summed E-state index contributed by atoms with van der Waals surface area (Å²) in [6, 6.07) is 4.21. The predicted octanol–water partition coefficient (Wildman–Crippen LogP) is 3.08. The van der Waals surface area contributed by atoms with Crippen LogP contribution in [-0.4, -0.2) is 25.6 Å². The predicted molar refractivity (Wildman–Crippen MR) is 67.6 cm³/mol. The Balaban J connectivity index is 2.41. The van der Waals surface area contributed by atoms with Gasteiger partial charge >= 0.3 is 0 Å². The van der Waals surface area contributed by atoms with Crippen molar-refractivity contribution in [2.24, 2.45) is 5.92 Å². The van der Waals surface area contributed by atoms with Crippen molar-refractivity contribution in [2.45, 2.75) is 20.8 Å². The number of hydrogen-bond donors (Lipinski definition) is 0. The first kappa shape index (κ1) is 14.6. The van der Waals surface area contributed by atoms with Crippen LogP contribution >= 0.6 is 0 Å². The highest BCUT2D eigenvalue weighted by molar-refractivity contribution is 5.94. The number of benzene rings is 1. The Bertz CT molecular complexity index is 402. The number of hydrogen-bond acceptors (Lipinski definition) is 3. The van der Waals surface area contributed by atoms with Gasteiger partial charge in [0, 0.05) is 12.2 Å². The van der Waals surface area contributed by atoms with Gasteiger partial charge in [-0.2, -0.15) is 0 Å². The molecule has 0 aliphatic rings. The van der Waals surface area contributed by atoms with Crippen molar-refractivity contribution in [3.63, 3.8) is 0 Å². The SMILES string of the molecule is CC(=O)c1ccc(OCCOCC(C)C)c(F)c1. The van der Waals surface area contributed by atoms with E-state index in [1.54, 1.807) is 6.07 Å². The van der Waals surface area contributed by atoms with E-state index in [0.717, 1.165) is 0 Å². The van der Waals surface area contributed by atoms with E-state index in [1.807, 2.05) is 0 Å². The van der Waals surface area contributed by atoms with E-state index in [0.29, 0.717) is 31.3 Å². The van der Waals surface area contributed by atoms with Crippen molar-refractivity contribution < 1.29 is 18.7 Å². The van der Waals surface area contributed by atoms with Crippen LogP contribution in [0.5, 0.6) is 5.75 Å². The summed E-state index contributed by atoms with van der Waals surface area (Å²) < 4.78 is 24.1. The normalized spacial score (nSPS) is 10.7. The number of ether oxygens (including phenoxy) is 2. The fourth-order valence-corrected chi connectivity index (χ4v) is 1.37. The molecule has 1 aromatic carbocycles. The highest BCUT2D eigenvalue weighted by Crippen LogP contribution is 2.18. The molecule has 0 aliphatic carbocycles. The molecular formula is C14H19FO3. The average Bonchev–Trinajstić information content (AvgIpc) is 2.29. The van der Waals surface area contributed by atoms with Crippen molar-refractivity contribution >= 4 is 5.78 Å². The lowest BCUT2D eigenvalue weighted by Gasteiger charge is -2.09. The summed E-state index contributed by atoms with van der Waals surface area (Å²) in [5.41, 5.74) is 0.343. The van der Waals surface area contributed by atoms with Gasteiger partial charge in [-0.05, 0) is 31.0 Å². The minimum atomic E-state index is -0.522. The smallest absolute Gasteiger partial charge is 0.165 e. The summed E-state index contributed by atoms with van der Waals surface area (Å²) in [5, 5.41) is 0. The molecule has 0 heterocycles. The van der Waals surface area contributed by atoms with Crippen LogP contribution < -0.4 is 4.74 Å². The average molecular weight is 254 g/mol. The molecule has 1 rings (SSSR count). The molecule has 3 nitrogen and oxygen atoms in total. The second kappa shape index (κ2) is 7.11. The monoisotopic (exact) mass is 254 g/mol. The molecule has 0 saturated carbocycles. The summed E-state index contributed by atoms with van der Waals surface area (Å²) in [7, 11) is 0. The second-order valence-electron chi connectivity index (χ2n) is 4.52. The van der Waals surface area contributed by atoms with Gasteiger partial charge in [-0.1, -0.05) is 13.8 Å². The van der Waals surface area contributed by atoms with Gasteiger partial charge in [0.1, 0.15) is 6.61 Å². The summed E-state index contributed by atoms with van der Waals surface area (Å²) in [6.45, 7) is 6.89. The Kier molecular flexibility index (Phi) is 5.78. The van der Waals surface area contributed by atoms with Crippen molar-refractivity contribution in [2.75, 3.05) is 19.8 Å². The molecule has 0 unspecified atom stereocenters. The lowest BCUT2D eigenvalue weighted by atomic mass is 10.1. The van der Waals surface area contributed by atoms with Crippen LogP contribution in [0.1, 0.15) is 31.1 Å². The van der Waals surface area contributed by atoms with Crippen LogP contribution in [0.25, 0.3) is 0 Å². The van der Waals surface area contributed by atoms with Gasteiger partial charge in [0.15, 0.2) is 17.3 Å². The number of halogens is 1. The molecule has 0 spiro atoms. The number of rotatable bonds is 7. The first-order valence-electron chi connectivity index (χ1n) is 6.01. The molecule has 0 aliphatic heterocycles. The molecule has 0 N–H and O–H groups in total. The van der Waals surface area contributed by atoms with Gasteiger partial charge in [-0.15, -0.1) is 0 Å². The maximum Gasteiger partial charge on any atom is 0.165 e. The van der Waals surface area contributed by atoms with Crippen LogP contribution in [0.2, 0.25) is 0 Å². The third-order valence-corrected chi connectivity index (χ3v) is 2.27. The Morgan fingerprint density at radius 3 is 2.61 bits per heavy atom. The summed E-state index contributed by atoms with van der Waals surface area (Å²) >= 11 is 0. The fourth-order valence-electron chi connectivity index (χ4n) is 1.37. The quantitative estimate of drug-likeness (QED) is 0.554. The molecule has 0 amide bonds. The minimum absolute atomic E-state index is 0.146. The summed E-state index contributed by atoms with van der Waals surface area (Å²) in [4.78, 5) is 11.0. The van der Waals surface area contributed by atoms with Gasteiger partial charge in [0.05, 0.1) is 6.61 Å².